The molecule has 0 radical (unpaired) electrons. The van der Waals surface area contributed by atoms with Crippen LogP contribution >= 0.6 is 11.8 Å². The summed E-state index contributed by atoms with van der Waals surface area (Å²) < 4.78 is 15.9. The summed E-state index contributed by atoms with van der Waals surface area (Å²) in [7, 11) is 0. The van der Waals surface area contributed by atoms with Gasteiger partial charge in [-0.3, -0.25) is 4.79 Å². The van der Waals surface area contributed by atoms with E-state index in [9.17, 15) is 9.18 Å². The van der Waals surface area contributed by atoms with Gasteiger partial charge in [0.25, 0.3) is 0 Å². The molecule has 2 rings (SSSR count). The fourth-order valence-electron chi connectivity index (χ4n) is 1.97. The van der Waals surface area contributed by atoms with E-state index in [1.54, 1.807) is 35.2 Å². The van der Waals surface area contributed by atoms with E-state index in [1.165, 1.54) is 17.8 Å². The first-order chi connectivity index (χ1) is 10.6. The van der Waals surface area contributed by atoms with Crippen LogP contribution in [0.4, 0.5) is 4.39 Å². The summed E-state index contributed by atoms with van der Waals surface area (Å²) >= 11 is 1.49. The zero-order valence-electron chi connectivity index (χ0n) is 12.4. The summed E-state index contributed by atoms with van der Waals surface area (Å²) in [5, 5.41) is 2.77. The number of thioether (sulfide) groups is 1. The van der Waals surface area contributed by atoms with Crippen LogP contribution in [0.2, 0.25) is 0 Å². The van der Waals surface area contributed by atoms with E-state index in [0.29, 0.717) is 18.0 Å². The lowest BCUT2D eigenvalue weighted by Gasteiger charge is -2.09. The average Bonchev–Trinajstić information content (AvgIpc) is 2.91. The van der Waals surface area contributed by atoms with Crippen LogP contribution in [-0.2, 0) is 11.3 Å². The second kappa shape index (κ2) is 7.79. The zero-order chi connectivity index (χ0) is 15.9. The lowest BCUT2D eigenvalue weighted by Crippen LogP contribution is -2.24. The maximum absolute atomic E-state index is 14.2. The molecule has 1 aromatic carbocycles. The third-order valence-corrected chi connectivity index (χ3v) is 3.99. The number of nitrogens with zero attached hydrogens (tertiary/aromatic N) is 2. The number of aromatic nitrogens is 2. The first kappa shape index (κ1) is 16.3. The van der Waals surface area contributed by atoms with Crippen LogP contribution in [0.3, 0.4) is 0 Å². The monoisotopic (exact) mass is 319 g/mol. The molecule has 1 N–H and O–H groups in total. The Labute approximate surface area is 133 Å². The molecule has 1 aromatic heterocycles. The number of amides is 1. The molecule has 0 saturated heterocycles. The van der Waals surface area contributed by atoms with Crippen LogP contribution in [0.5, 0.6) is 0 Å². The number of carbonyl (C=O) groups is 1. The van der Waals surface area contributed by atoms with Crippen molar-refractivity contribution in [2.45, 2.75) is 13.5 Å². The standard InChI is InChI=1S/C16H18FN3OS/c1-3-8-22-11-16(21)19-10-13-4-5-15(14(17)9-13)20-7-6-18-12(20)2/h3-7,9H,1,8,10-11H2,2H3,(H,19,21). The van der Waals surface area contributed by atoms with E-state index in [-0.39, 0.29) is 11.7 Å². The molecule has 2 aromatic rings. The van der Waals surface area contributed by atoms with Crippen molar-refractivity contribution < 1.29 is 9.18 Å². The van der Waals surface area contributed by atoms with Crippen molar-refractivity contribution in [1.82, 2.24) is 14.9 Å². The quantitative estimate of drug-likeness (QED) is 0.630. The molecule has 0 atom stereocenters. The Hall–Kier alpha value is -2.08. The second-order valence-corrected chi connectivity index (χ2v) is 5.74. The molecule has 6 heteroatoms. The normalized spacial score (nSPS) is 10.5. The van der Waals surface area contributed by atoms with Crippen LogP contribution in [0.25, 0.3) is 5.69 Å². The summed E-state index contributed by atoms with van der Waals surface area (Å²) in [5.41, 5.74) is 1.17. The van der Waals surface area contributed by atoms with Gasteiger partial charge in [-0.25, -0.2) is 9.37 Å². The van der Waals surface area contributed by atoms with Gasteiger partial charge in [0, 0.05) is 24.7 Å². The van der Waals surface area contributed by atoms with Gasteiger partial charge in [-0.15, -0.1) is 18.3 Å². The summed E-state index contributed by atoms with van der Waals surface area (Å²) in [4.78, 5) is 15.7. The number of carbonyl (C=O) groups excluding carboxylic acids is 1. The summed E-state index contributed by atoms with van der Waals surface area (Å²) in [6, 6.07) is 4.93. The molecule has 0 bridgehead atoms. The number of hydrogen-bond acceptors (Lipinski definition) is 3. The molecule has 22 heavy (non-hydrogen) atoms. The molecular formula is C16H18FN3OS. The first-order valence-electron chi connectivity index (χ1n) is 6.86. The van der Waals surface area contributed by atoms with Crippen molar-refractivity contribution in [1.29, 1.82) is 0 Å². The van der Waals surface area contributed by atoms with E-state index in [2.05, 4.69) is 16.9 Å². The number of rotatable bonds is 7. The number of hydrogen-bond donors (Lipinski definition) is 1. The Morgan fingerprint density at radius 2 is 2.36 bits per heavy atom. The summed E-state index contributed by atoms with van der Waals surface area (Å²) in [6.07, 6.45) is 5.10. The molecule has 0 saturated carbocycles. The topological polar surface area (TPSA) is 46.9 Å². The fourth-order valence-corrected chi connectivity index (χ4v) is 2.55. The van der Waals surface area contributed by atoms with Crippen molar-refractivity contribution in [3.05, 3.63) is 60.5 Å². The Balaban J connectivity index is 1.97. The van der Waals surface area contributed by atoms with Crippen molar-refractivity contribution in [2.24, 2.45) is 0 Å². The molecule has 4 nitrogen and oxygen atoms in total. The molecule has 0 aliphatic heterocycles. The van der Waals surface area contributed by atoms with Gasteiger partial charge >= 0.3 is 0 Å². The minimum Gasteiger partial charge on any atom is -0.351 e. The molecule has 0 spiro atoms. The SMILES string of the molecule is C=CCSCC(=O)NCc1ccc(-n2ccnc2C)c(F)c1. The Bertz CT molecular complexity index is 669. The van der Waals surface area contributed by atoms with Crippen molar-refractivity contribution in [3.8, 4) is 5.69 Å². The minimum absolute atomic E-state index is 0.0678. The lowest BCUT2D eigenvalue weighted by molar-refractivity contribution is -0.118. The van der Waals surface area contributed by atoms with Gasteiger partial charge in [0.15, 0.2) is 0 Å². The zero-order valence-corrected chi connectivity index (χ0v) is 13.2. The molecule has 0 aliphatic carbocycles. The van der Waals surface area contributed by atoms with Gasteiger partial charge in [0.05, 0.1) is 11.4 Å². The van der Waals surface area contributed by atoms with Crippen molar-refractivity contribution in [2.75, 3.05) is 11.5 Å². The molecule has 0 unspecified atom stereocenters. The van der Waals surface area contributed by atoms with Gasteiger partial charge in [0.1, 0.15) is 11.6 Å². The highest BCUT2D eigenvalue weighted by Crippen LogP contribution is 2.16. The average molecular weight is 319 g/mol. The highest BCUT2D eigenvalue weighted by Gasteiger charge is 2.08. The van der Waals surface area contributed by atoms with Gasteiger partial charge in [-0.05, 0) is 24.6 Å². The molecule has 0 aliphatic rings. The van der Waals surface area contributed by atoms with E-state index in [0.717, 1.165) is 17.1 Å². The third-order valence-electron chi connectivity index (χ3n) is 3.06. The summed E-state index contributed by atoms with van der Waals surface area (Å²) in [5.74, 6) is 1.43. The van der Waals surface area contributed by atoms with Gasteiger partial charge in [-0.1, -0.05) is 12.1 Å². The first-order valence-corrected chi connectivity index (χ1v) is 8.01. The van der Waals surface area contributed by atoms with Crippen LogP contribution in [0.15, 0.2) is 43.2 Å². The van der Waals surface area contributed by atoms with Gasteiger partial charge < -0.3 is 9.88 Å². The predicted molar refractivity (Wildman–Crippen MR) is 87.6 cm³/mol. The Morgan fingerprint density at radius 3 is 3.00 bits per heavy atom. The highest BCUT2D eigenvalue weighted by atomic mass is 32.2. The largest absolute Gasteiger partial charge is 0.351 e. The van der Waals surface area contributed by atoms with Crippen molar-refractivity contribution >= 4 is 17.7 Å². The molecular weight excluding hydrogens is 301 g/mol. The number of halogens is 1. The highest BCUT2D eigenvalue weighted by molar-refractivity contribution is 8.00. The predicted octanol–water partition coefficient (Wildman–Crippen LogP) is 2.86. The third kappa shape index (κ3) is 4.21. The van der Waals surface area contributed by atoms with Gasteiger partial charge in [0.2, 0.25) is 5.91 Å². The lowest BCUT2D eigenvalue weighted by atomic mass is 10.2. The number of nitrogens with one attached hydrogen (secondary N) is 1. The van der Waals surface area contributed by atoms with E-state index < -0.39 is 0 Å². The number of imidazole rings is 1. The number of benzene rings is 1. The Morgan fingerprint density at radius 1 is 1.55 bits per heavy atom. The smallest absolute Gasteiger partial charge is 0.230 e. The maximum Gasteiger partial charge on any atom is 0.230 e. The van der Waals surface area contributed by atoms with Crippen LogP contribution in [-0.4, -0.2) is 27.0 Å². The van der Waals surface area contributed by atoms with Crippen LogP contribution in [0, 0.1) is 12.7 Å². The maximum atomic E-state index is 14.2. The summed E-state index contributed by atoms with van der Waals surface area (Å²) in [6.45, 7) is 5.72. The molecule has 1 amide bonds. The second-order valence-electron chi connectivity index (χ2n) is 4.71. The van der Waals surface area contributed by atoms with Crippen molar-refractivity contribution in [3.63, 3.8) is 0 Å². The fraction of sp³-hybridized carbons (Fsp3) is 0.250. The minimum atomic E-state index is -0.339. The van der Waals surface area contributed by atoms with Crippen LogP contribution in [0.1, 0.15) is 11.4 Å². The van der Waals surface area contributed by atoms with Crippen LogP contribution < -0.4 is 5.32 Å². The van der Waals surface area contributed by atoms with E-state index in [4.69, 9.17) is 0 Å². The molecule has 0 fully saturated rings. The number of aryl methyl sites for hydroxylation is 1. The Kier molecular flexibility index (Phi) is 5.77. The van der Waals surface area contributed by atoms with E-state index >= 15 is 0 Å². The van der Waals surface area contributed by atoms with E-state index in [1.807, 2.05) is 6.92 Å². The van der Waals surface area contributed by atoms with Gasteiger partial charge in [-0.2, -0.15) is 0 Å². The molecule has 1 heterocycles. The molecule has 116 valence electrons.